The summed E-state index contributed by atoms with van der Waals surface area (Å²) in [5.41, 5.74) is 2.12. The number of imidazole rings is 1. The van der Waals surface area contributed by atoms with Gasteiger partial charge in [-0.2, -0.15) is 0 Å². The molecule has 0 unspecified atom stereocenters. The van der Waals surface area contributed by atoms with Crippen molar-refractivity contribution in [1.82, 2.24) is 19.9 Å². The molecule has 4 aromatic rings. The number of amides is 1. The number of thiazole rings is 1. The van der Waals surface area contributed by atoms with Gasteiger partial charge in [-0.05, 0) is 17.5 Å². The predicted octanol–water partition coefficient (Wildman–Crippen LogP) is 4.19. The molecule has 0 bridgehead atoms. The first-order valence-corrected chi connectivity index (χ1v) is 10.7. The number of hydrogen-bond donors (Lipinski definition) is 1. The quantitative estimate of drug-likeness (QED) is 0.565. The van der Waals surface area contributed by atoms with Crippen LogP contribution in [-0.2, 0) is 17.6 Å². The number of aromatic amines is 1. The van der Waals surface area contributed by atoms with Gasteiger partial charge in [0.25, 0.3) is 0 Å². The Morgan fingerprint density at radius 3 is 3.07 bits per heavy atom. The van der Waals surface area contributed by atoms with Crippen LogP contribution in [0, 0.1) is 0 Å². The van der Waals surface area contributed by atoms with Crippen LogP contribution in [0.5, 0.6) is 0 Å². The molecule has 1 aliphatic rings. The average Bonchev–Trinajstić information content (AvgIpc) is 3.45. The van der Waals surface area contributed by atoms with E-state index in [4.69, 9.17) is 0 Å². The topological polar surface area (TPSA) is 61.9 Å². The number of hydrogen-bond acceptors (Lipinski definition) is 5. The lowest BCUT2D eigenvalue weighted by Crippen LogP contribution is -2.40. The van der Waals surface area contributed by atoms with Crippen molar-refractivity contribution in [2.24, 2.45) is 0 Å². The number of rotatable bonds is 4. The Morgan fingerprint density at radius 1 is 1.30 bits per heavy atom. The molecule has 5 nitrogen and oxygen atoms in total. The maximum atomic E-state index is 13.1. The number of thiophene rings is 1. The highest BCUT2D eigenvalue weighted by atomic mass is 32.1. The van der Waals surface area contributed by atoms with Crippen molar-refractivity contribution in [3.8, 4) is 0 Å². The van der Waals surface area contributed by atoms with E-state index in [2.05, 4.69) is 45.3 Å². The first-order chi connectivity index (χ1) is 13.3. The Morgan fingerprint density at radius 2 is 2.22 bits per heavy atom. The van der Waals surface area contributed by atoms with Crippen LogP contribution >= 0.6 is 22.7 Å². The minimum absolute atomic E-state index is 0.110. The molecule has 5 rings (SSSR count). The molecule has 1 N–H and O–H groups in total. The molecular weight excluding hydrogens is 376 g/mol. The molecule has 0 fully saturated rings. The normalized spacial score (nSPS) is 16.6. The zero-order valence-electron chi connectivity index (χ0n) is 14.6. The van der Waals surface area contributed by atoms with Gasteiger partial charge in [0.05, 0.1) is 17.0 Å². The molecule has 1 atom stereocenters. The van der Waals surface area contributed by atoms with E-state index in [0.717, 1.165) is 22.8 Å². The summed E-state index contributed by atoms with van der Waals surface area (Å²) in [7, 11) is 0. The molecular formula is C20H18N4OS2. The van der Waals surface area contributed by atoms with Crippen LogP contribution in [0.15, 0.2) is 48.2 Å². The van der Waals surface area contributed by atoms with Crippen molar-refractivity contribution < 1.29 is 4.79 Å². The summed E-state index contributed by atoms with van der Waals surface area (Å²) < 4.78 is 1.24. The molecule has 27 heavy (non-hydrogen) atoms. The molecule has 7 heteroatoms. The third-order valence-corrected chi connectivity index (χ3v) is 7.00. The maximum absolute atomic E-state index is 13.1. The number of aryl methyl sites for hydroxylation is 1. The highest BCUT2D eigenvalue weighted by molar-refractivity contribution is 7.19. The zero-order valence-corrected chi connectivity index (χ0v) is 16.2. The summed E-state index contributed by atoms with van der Waals surface area (Å²) in [6.07, 6.45) is 5.53. The molecule has 4 heterocycles. The number of carbonyl (C=O) groups is 1. The van der Waals surface area contributed by atoms with Crippen LogP contribution in [0.25, 0.3) is 10.1 Å². The smallest absolute Gasteiger partial charge is 0.223 e. The van der Waals surface area contributed by atoms with Crippen LogP contribution in [0.2, 0.25) is 0 Å². The molecule has 3 aromatic heterocycles. The molecule has 136 valence electrons. The fourth-order valence-corrected chi connectivity index (χ4v) is 5.51. The number of H-pyrrole nitrogens is 1. The Bertz CT molecular complexity index is 1050. The van der Waals surface area contributed by atoms with E-state index in [1.807, 2.05) is 10.3 Å². The van der Waals surface area contributed by atoms with Gasteiger partial charge >= 0.3 is 0 Å². The van der Waals surface area contributed by atoms with E-state index in [9.17, 15) is 4.79 Å². The number of carbonyl (C=O) groups excluding carboxylic acids is 1. The zero-order chi connectivity index (χ0) is 18.2. The molecule has 0 aliphatic carbocycles. The number of benzene rings is 1. The standard InChI is InChI=1S/C20H18N4OS2/c25-18(6-5-17-21-8-10-26-17)24-9-7-14-19(23-12-22-14)20(24)16-11-13-3-1-2-4-15(13)27-16/h1-4,8,10-12,20H,5-7,9H2,(H,22,23)/t20-/m1/s1. The number of nitrogens with zero attached hydrogens (tertiary/aromatic N) is 3. The van der Waals surface area contributed by atoms with Crippen LogP contribution in [0.4, 0.5) is 0 Å². The minimum atomic E-state index is -0.110. The van der Waals surface area contributed by atoms with E-state index in [-0.39, 0.29) is 11.9 Å². The predicted molar refractivity (Wildman–Crippen MR) is 108 cm³/mol. The Kier molecular flexibility index (Phi) is 4.26. The molecule has 1 aliphatic heterocycles. The van der Waals surface area contributed by atoms with Crippen LogP contribution in [0.3, 0.4) is 0 Å². The lowest BCUT2D eigenvalue weighted by Gasteiger charge is -2.34. The first-order valence-electron chi connectivity index (χ1n) is 8.98. The maximum Gasteiger partial charge on any atom is 0.223 e. The van der Waals surface area contributed by atoms with Gasteiger partial charge in [-0.3, -0.25) is 4.79 Å². The Balaban J connectivity index is 1.49. The molecule has 0 saturated carbocycles. The summed E-state index contributed by atoms with van der Waals surface area (Å²) in [6, 6.07) is 10.5. The lowest BCUT2D eigenvalue weighted by molar-refractivity contribution is -0.133. The van der Waals surface area contributed by atoms with E-state index in [1.165, 1.54) is 15.0 Å². The second kappa shape index (κ2) is 6.90. The fourth-order valence-electron chi connectivity index (χ4n) is 3.70. The van der Waals surface area contributed by atoms with Gasteiger partial charge in [0.1, 0.15) is 6.04 Å². The monoisotopic (exact) mass is 394 g/mol. The van der Waals surface area contributed by atoms with Crippen molar-refractivity contribution in [3.63, 3.8) is 0 Å². The fraction of sp³-hybridized carbons (Fsp3) is 0.250. The third kappa shape index (κ3) is 3.07. The van der Waals surface area contributed by atoms with Crippen molar-refractivity contribution in [3.05, 3.63) is 69.5 Å². The van der Waals surface area contributed by atoms with Crippen molar-refractivity contribution in [2.45, 2.75) is 25.3 Å². The molecule has 0 spiro atoms. The number of fused-ring (bicyclic) bond motifs is 2. The number of aromatic nitrogens is 3. The molecule has 0 saturated heterocycles. The average molecular weight is 395 g/mol. The minimum Gasteiger partial charge on any atom is -0.348 e. The second-order valence-electron chi connectivity index (χ2n) is 6.62. The van der Waals surface area contributed by atoms with Crippen LogP contribution in [-0.4, -0.2) is 32.3 Å². The molecule has 0 radical (unpaired) electrons. The van der Waals surface area contributed by atoms with E-state index in [1.54, 1.807) is 35.2 Å². The van der Waals surface area contributed by atoms with Crippen molar-refractivity contribution in [1.29, 1.82) is 0 Å². The second-order valence-corrected chi connectivity index (χ2v) is 8.71. The Hall–Kier alpha value is -2.51. The van der Waals surface area contributed by atoms with E-state index in [0.29, 0.717) is 19.4 Å². The van der Waals surface area contributed by atoms with E-state index < -0.39 is 0 Å². The van der Waals surface area contributed by atoms with Gasteiger partial charge < -0.3 is 9.88 Å². The molecule has 1 amide bonds. The lowest BCUT2D eigenvalue weighted by atomic mass is 10.00. The van der Waals surface area contributed by atoms with Gasteiger partial charge in [0.2, 0.25) is 5.91 Å². The third-order valence-electron chi connectivity index (χ3n) is 5.00. The van der Waals surface area contributed by atoms with Crippen LogP contribution in [0.1, 0.15) is 33.7 Å². The largest absolute Gasteiger partial charge is 0.348 e. The Labute approximate surface area is 164 Å². The highest BCUT2D eigenvalue weighted by Gasteiger charge is 2.34. The van der Waals surface area contributed by atoms with E-state index >= 15 is 0 Å². The van der Waals surface area contributed by atoms with Gasteiger partial charge in [-0.1, -0.05) is 18.2 Å². The van der Waals surface area contributed by atoms with Gasteiger partial charge in [0, 0.05) is 52.7 Å². The summed E-state index contributed by atoms with van der Waals surface area (Å²) in [5.74, 6) is 0.168. The van der Waals surface area contributed by atoms with Gasteiger partial charge in [-0.15, -0.1) is 22.7 Å². The van der Waals surface area contributed by atoms with Crippen molar-refractivity contribution >= 4 is 38.7 Å². The summed E-state index contributed by atoms with van der Waals surface area (Å²) in [5, 5.41) is 4.19. The van der Waals surface area contributed by atoms with Crippen molar-refractivity contribution in [2.75, 3.05) is 6.54 Å². The summed E-state index contributed by atoms with van der Waals surface area (Å²) >= 11 is 3.35. The number of nitrogens with one attached hydrogen (secondary N) is 1. The SMILES string of the molecule is O=C(CCc1nccs1)N1CCc2[nH]cnc2[C@H]1c1cc2ccccc2s1. The van der Waals surface area contributed by atoms with Gasteiger partial charge in [0.15, 0.2) is 0 Å². The summed E-state index contributed by atoms with van der Waals surface area (Å²) in [4.78, 5) is 28.4. The molecule has 1 aromatic carbocycles. The summed E-state index contributed by atoms with van der Waals surface area (Å²) in [6.45, 7) is 0.713. The highest BCUT2D eigenvalue weighted by Crippen LogP contribution is 2.39. The first kappa shape index (κ1) is 16.6. The van der Waals surface area contributed by atoms with Crippen LogP contribution < -0.4 is 0 Å². The van der Waals surface area contributed by atoms with Gasteiger partial charge in [-0.25, -0.2) is 9.97 Å².